The number of hydrogen-bond donors (Lipinski definition) is 0. The molecule has 0 unspecified atom stereocenters. The van der Waals surface area contributed by atoms with Gasteiger partial charge in [0.1, 0.15) is 0 Å². The maximum absolute atomic E-state index is 6.07. The van der Waals surface area contributed by atoms with Crippen LogP contribution in [0.5, 0.6) is 0 Å². The van der Waals surface area contributed by atoms with E-state index in [-0.39, 0.29) is 0 Å². The number of oxazole rings is 1. The molecule has 0 radical (unpaired) electrons. The summed E-state index contributed by atoms with van der Waals surface area (Å²) >= 11 is 0. The van der Waals surface area contributed by atoms with Gasteiger partial charge >= 0.3 is 0 Å². The molecule has 0 amide bonds. The van der Waals surface area contributed by atoms with Gasteiger partial charge in [0, 0.05) is 24.7 Å². The number of hydrogen-bond acceptors (Lipinski definition) is 5. The average molecular weight is 392 g/mol. The molecule has 0 bridgehead atoms. The smallest absolute Gasteiger partial charge is 0.253 e. The van der Waals surface area contributed by atoms with E-state index in [0.717, 1.165) is 16.9 Å². The van der Waals surface area contributed by atoms with Crippen molar-refractivity contribution >= 4 is 17.0 Å². The van der Waals surface area contributed by atoms with Gasteiger partial charge in [0.15, 0.2) is 17.2 Å². The lowest BCUT2D eigenvalue weighted by atomic mass is 10.2. The van der Waals surface area contributed by atoms with Crippen LogP contribution in [0.25, 0.3) is 34.1 Å². The highest BCUT2D eigenvalue weighted by atomic mass is 16.4. The molecule has 0 aliphatic rings. The van der Waals surface area contributed by atoms with E-state index in [0.29, 0.717) is 29.5 Å². The highest BCUT2D eigenvalue weighted by Gasteiger charge is 2.19. The lowest BCUT2D eigenvalue weighted by molar-refractivity contribution is 0.607. The minimum atomic E-state index is 0.484. The Kier molecular flexibility index (Phi) is 4.69. The molecule has 0 spiro atoms. The van der Waals surface area contributed by atoms with Crippen LogP contribution >= 0.6 is 0 Å². The molecule has 30 heavy (non-hydrogen) atoms. The Morgan fingerprint density at radius 1 is 0.700 bits per heavy atom. The van der Waals surface area contributed by atoms with E-state index in [9.17, 15) is 0 Å². The van der Waals surface area contributed by atoms with Gasteiger partial charge in [0.05, 0.1) is 0 Å². The Morgan fingerprint density at radius 3 is 1.97 bits per heavy atom. The molecule has 3 aromatic carbocycles. The van der Waals surface area contributed by atoms with Crippen molar-refractivity contribution in [1.29, 1.82) is 0 Å². The summed E-state index contributed by atoms with van der Waals surface area (Å²) in [6, 6.07) is 30.1. The van der Waals surface area contributed by atoms with Crippen LogP contribution in [0.1, 0.15) is 5.56 Å². The zero-order valence-electron chi connectivity index (χ0n) is 16.6. The Bertz CT molecular complexity index is 1270. The lowest BCUT2D eigenvalue weighted by Crippen LogP contribution is -2.18. The van der Waals surface area contributed by atoms with Crippen LogP contribution in [0.4, 0.5) is 5.82 Å². The maximum atomic E-state index is 6.07. The second-order valence-corrected chi connectivity index (χ2v) is 7.12. The van der Waals surface area contributed by atoms with Crippen LogP contribution in [-0.4, -0.2) is 22.0 Å². The molecule has 0 saturated carbocycles. The fourth-order valence-corrected chi connectivity index (χ4v) is 3.43. The molecule has 2 aromatic heterocycles. The minimum Gasteiger partial charge on any atom is -0.417 e. The summed E-state index contributed by atoms with van der Waals surface area (Å²) in [5, 5.41) is 0. The van der Waals surface area contributed by atoms with Crippen molar-refractivity contribution in [2.24, 2.45) is 0 Å². The molecule has 0 aliphatic heterocycles. The summed E-state index contributed by atoms with van der Waals surface area (Å²) in [6.07, 6.45) is 0. The van der Waals surface area contributed by atoms with Crippen LogP contribution in [0.2, 0.25) is 0 Å². The van der Waals surface area contributed by atoms with E-state index in [4.69, 9.17) is 14.4 Å². The molecule has 0 atom stereocenters. The number of nitrogens with zero attached hydrogens (tertiary/aromatic N) is 4. The average Bonchev–Trinajstić information content (AvgIpc) is 3.24. The zero-order chi connectivity index (χ0) is 20.3. The first-order chi connectivity index (χ1) is 14.8. The summed E-state index contributed by atoms with van der Waals surface area (Å²) in [6.45, 7) is 0.703. The first-order valence-corrected chi connectivity index (χ1v) is 9.82. The van der Waals surface area contributed by atoms with E-state index in [1.165, 1.54) is 5.56 Å². The molecular formula is C25H20N4O. The van der Waals surface area contributed by atoms with Gasteiger partial charge in [0.2, 0.25) is 5.89 Å². The summed E-state index contributed by atoms with van der Waals surface area (Å²) in [5.41, 5.74) is 4.18. The third-order valence-electron chi connectivity index (χ3n) is 4.92. The molecule has 0 aliphatic carbocycles. The van der Waals surface area contributed by atoms with Gasteiger partial charge in [-0.3, -0.25) is 0 Å². The normalized spacial score (nSPS) is 11.0. The van der Waals surface area contributed by atoms with Gasteiger partial charge in [-0.25, -0.2) is 9.97 Å². The SMILES string of the molecule is CN(Cc1ccccc1)c1nc(-c2ccccc2)nc2oc(-c3ccccc3)nc12. The maximum Gasteiger partial charge on any atom is 0.253 e. The molecule has 5 heteroatoms. The van der Waals surface area contributed by atoms with E-state index >= 15 is 0 Å². The molecule has 0 saturated heterocycles. The van der Waals surface area contributed by atoms with Gasteiger partial charge in [-0.05, 0) is 17.7 Å². The molecule has 5 rings (SSSR count). The summed E-state index contributed by atoms with van der Waals surface area (Å²) in [4.78, 5) is 16.4. The number of benzene rings is 3. The van der Waals surface area contributed by atoms with Crippen LogP contribution in [0.3, 0.4) is 0 Å². The molecule has 0 N–H and O–H groups in total. The van der Waals surface area contributed by atoms with Crippen LogP contribution < -0.4 is 4.90 Å². The minimum absolute atomic E-state index is 0.484. The number of aromatic nitrogens is 3. The van der Waals surface area contributed by atoms with Gasteiger partial charge in [-0.15, -0.1) is 0 Å². The van der Waals surface area contributed by atoms with Crippen molar-refractivity contribution in [1.82, 2.24) is 15.0 Å². The molecule has 5 nitrogen and oxygen atoms in total. The van der Waals surface area contributed by atoms with Crippen molar-refractivity contribution in [2.45, 2.75) is 6.54 Å². The second kappa shape index (κ2) is 7.79. The first-order valence-electron chi connectivity index (χ1n) is 9.82. The first kappa shape index (κ1) is 18.1. The standard InChI is InChI=1S/C25H20N4O/c1-29(17-18-11-5-2-6-12-18)23-21-25(28-22(27-23)19-13-7-3-8-14-19)30-24(26-21)20-15-9-4-10-16-20/h2-16H,17H2,1H3. The third kappa shape index (κ3) is 3.53. The Morgan fingerprint density at radius 2 is 1.30 bits per heavy atom. The van der Waals surface area contributed by atoms with E-state index < -0.39 is 0 Å². The van der Waals surface area contributed by atoms with Gasteiger partial charge in [0.25, 0.3) is 5.71 Å². The van der Waals surface area contributed by atoms with Crippen LogP contribution in [-0.2, 0) is 6.54 Å². The fraction of sp³-hybridized carbons (Fsp3) is 0.0800. The highest BCUT2D eigenvalue weighted by Crippen LogP contribution is 2.31. The van der Waals surface area contributed by atoms with Crippen molar-refractivity contribution < 1.29 is 4.42 Å². The molecule has 5 aromatic rings. The second-order valence-electron chi connectivity index (χ2n) is 7.12. The van der Waals surface area contributed by atoms with E-state index in [1.807, 2.05) is 85.9 Å². The van der Waals surface area contributed by atoms with Crippen LogP contribution in [0.15, 0.2) is 95.4 Å². The van der Waals surface area contributed by atoms with Crippen molar-refractivity contribution in [3.05, 3.63) is 96.6 Å². The number of anilines is 1. The summed E-state index contributed by atoms with van der Waals surface area (Å²) in [7, 11) is 2.01. The van der Waals surface area contributed by atoms with Crippen molar-refractivity contribution in [3.8, 4) is 22.8 Å². The Balaban J connectivity index is 1.65. The fourth-order valence-electron chi connectivity index (χ4n) is 3.43. The lowest BCUT2D eigenvalue weighted by Gasteiger charge is -2.19. The topological polar surface area (TPSA) is 55.1 Å². The predicted molar refractivity (Wildman–Crippen MR) is 119 cm³/mol. The molecule has 0 fully saturated rings. The quantitative estimate of drug-likeness (QED) is 0.390. The molecular weight excluding hydrogens is 372 g/mol. The summed E-state index contributed by atoms with van der Waals surface area (Å²) in [5.74, 6) is 1.90. The molecule has 146 valence electrons. The Hall–Kier alpha value is -3.99. The van der Waals surface area contributed by atoms with Gasteiger partial charge < -0.3 is 9.32 Å². The number of fused-ring (bicyclic) bond motifs is 1. The predicted octanol–water partition coefficient (Wildman–Crippen LogP) is 5.59. The Labute approximate surface area is 174 Å². The van der Waals surface area contributed by atoms with E-state index in [2.05, 4.69) is 22.0 Å². The van der Waals surface area contributed by atoms with Gasteiger partial charge in [-0.1, -0.05) is 78.9 Å². The zero-order valence-corrected chi connectivity index (χ0v) is 16.6. The highest BCUT2D eigenvalue weighted by molar-refractivity contribution is 5.86. The van der Waals surface area contributed by atoms with Crippen molar-refractivity contribution in [2.75, 3.05) is 11.9 Å². The molecule has 2 heterocycles. The van der Waals surface area contributed by atoms with Crippen LogP contribution in [0, 0.1) is 0 Å². The van der Waals surface area contributed by atoms with Crippen molar-refractivity contribution in [3.63, 3.8) is 0 Å². The largest absolute Gasteiger partial charge is 0.417 e. The van der Waals surface area contributed by atoms with Gasteiger partial charge in [-0.2, -0.15) is 4.98 Å². The third-order valence-corrected chi connectivity index (χ3v) is 4.92. The monoisotopic (exact) mass is 392 g/mol. The van der Waals surface area contributed by atoms with E-state index in [1.54, 1.807) is 0 Å². The summed E-state index contributed by atoms with van der Waals surface area (Å²) < 4.78 is 6.07. The number of rotatable bonds is 5.